The summed E-state index contributed by atoms with van der Waals surface area (Å²) in [5.74, 6) is -0.440. The Kier molecular flexibility index (Phi) is 2.00. The van der Waals surface area contributed by atoms with Gasteiger partial charge in [0.05, 0.1) is 0 Å². The lowest BCUT2D eigenvalue weighted by atomic mass is 10.4. The van der Waals surface area contributed by atoms with Crippen LogP contribution in [0.5, 0.6) is 0 Å². The average Bonchev–Trinajstić information content (AvgIpc) is 1.85. The molecule has 0 bridgehead atoms. The molecular formula is C6H7N3O2. The van der Waals surface area contributed by atoms with Crippen LogP contribution < -0.4 is 5.73 Å². The van der Waals surface area contributed by atoms with E-state index in [1.165, 1.54) is 12.3 Å². The van der Waals surface area contributed by atoms with Crippen LogP contribution in [0.3, 0.4) is 0 Å². The van der Waals surface area contributed by atoms with Gasteiger partial charge in [-0.05, 0) is 6.07 Å². The van der Waals surface area contributed by atoms with Crippen molar-refractivity contribution in [1.82, 2.24) is 9.97 Å². The van der Waals surface area contributed by atoms with Gasteiger partial charge in [-0.2, -0.15) is 0 Å². The van der Waals surface area contributed by atoms with Crippen molar-refractivity contribution in [2.75, 3.05) is 5.73 Å². The minimum absolute atomic E-state index is 0.189. The number of aromatic nitrogens is 2. The Morgan fingerprint density at radius 1 is 1.73 bits per heavy atom. The lowest BCUT2D eigenvalue weighted by Crippen LogP contribution is -2.05. The molecule has 1 rings (SSSR count). The van der Waals surface area contributed by atoms with Crippen molar-refractivity contribution in [2.24, 2.45) is 0 Å². The summed E-state index contributed by atoms with van der Waals surface area (Å²) in [5.41, 5.74) is 5.29. The minimum Gasteiger partial charge on any atom is -0.481 e. The molecule has 5 nitrogen and oxygen atoms in total. The summed E-state index contributed by atoms with van der Waals surface area (Å²) >= 11 is 0. The standard InChI is InChI=1S/C6H7N3O2/c7-4-1-2-8-5(9-4)3-6(10)11/h1-2H,3H2,(H,10,11)(H2,7,8,9). The molecule has 0 radical (unpaired) electrons. The Labute approximate surface area is 62.9 Å². The Morgan fingerprint density at radius 2 is 2.45 bits per heavy atom. The lowest BCUT2D eigenvalue weighted by Gasteiger charge is -1.94. The number of hydrogen-bond acceptors (Lipinski definition) is 4. The predicted molar refractivity (Wildman–Crippen MR) is 37.8 cm³/mol. The quantitative estimate of drug-likeness (QED) is 0.608. The number of nitrogens with two attached hydrogens (primary N) is 1. The van der Waals surface area contributed by atoms with Crippen molar-refractivity contribution in [3.05, 3.63) is 18.1 Å². The van der Waals surface area contributed by atoms with Crippen LogP contribution in [0.15, 0.2) is 12.3 Å². The molecule has 0 aliphatic carbocycles. The van der Waals surface area contributed by atoms with Gasteiger partial charge in [0.1, 0.15) is 18.1 Å². The van der Waals surface area contributed by atoms with Crippen molar-refractivity contribution in [1.29, 1.82) is 0 Å². The Hall–Kier alpha value is -1.65. The van der Waals surface area contributed by atoms with Crippen LogP contribution in [0.2, 0.25) is 0 Å². The molecule has 1 aromatic rings. The molecule has 0 spiro atoms. The fourth-order valence-corrected chi connectivity index (χ4v) is 0.635. The molecule has 1 heterocycles. The summed E-state index contributed by atoms with van der Waals surface area (Å²) in [7, 11) is 0. The number of carbonyl (C=O) groups is 1. The Morgan fingerprint density at radius 3 is 3.00 bits per heavy atom. The van der Waals surface area contributed by atoms with Crippen molar-refractivity contribution in [2.45, 2.75) is 6.42 Å². The largest absolute Gasteiger partial charge is 0.481 e. The van der Waals surface area contributed by atoms with Gasteiger partial charge in [0.15, 0.2) is 0 Å². The summed E-state index contributed by atoms with van der Waals surface area (Å²) in [6.07, 6.45) is 1.24. The van der Waals surface area contributed by atoms with E-state index in [-0.39, 0.29) is 18.1 Å². The van der Waals surface area contributed by atoms with Crippen molar-refractivity contribution >= 4 is 11.8 Å². The molecule has 3 N–H and O–H groups in total. The van der Waals surface area contributed by atoms with Gasteiger partial charge in [0, 0.05) is 6.20 Å². The monoisotopic (exact) mass is 153 g/mol. The van der Waals surface area contributed by atoms with E-state index in [9.17, 15) is 4.79 Å². The van der Waals surface area contributed by atoms with Crippen LogP contribution in [-0.2, 0) is 11.2 Å². The SMILES string of the molecule is Nc1ccnc(CC(=O)O)n1. The molecule has 1 aromatic heterocycles. The number of anilines is 1. The fourth-order valence-electron chi connectivity index (χ4n) is 0.635. The van der Waals surface area contributed by atoms with E-state index in [4.69, 9.17) is 10.8 Å². The van der Waals surface area contributed by atoms with E-state index in [0.717, 1.165) is 0 Å². The molecule has 0 atom stereocenters. The van der Waals surface area contributed by atoms with Gasteiger partial charge in [-0.25, -0.2) is 9.97 Å². The maximum absolute atomic E-state index is 10.2. The highest BCUT2D eigenvalue weighted by atomic mass is 16.4. The normalized spacial score (nSPS) is 9.45. The van der Waals surface area contributed by atoms with Gasteiger partial charge in [0.25, 0.3) is 0 Å². The number of carboxylic acids is 1. The number of nitrogens with zero attached hydrogens (tertiary/aromatic N) is 2. The zero-order valence-corrected chi connectivity index (χ0v) is 5.69. The van der Waals surface area contributed by atoms with Gasteiger partial charge in [-0.15, -0.1) is 0 Å². The first-order valence-corrected chi connectivity index (χ1v) is 2.97. The average molecular weight is 153 g/mol. The van der Waals surface area contributed by atoms with E-state index >= 15 is 0 Å². The minimum atomic E-state index is -0.962. The van der Waals surface area contributed by atoms with Crippen molar-refractivity contribution in [3.8, 4) is 0 Å². The first kappa shape index (κ1) is 7.46. The zero-order chi connectivity index (χ0) is 8.27. The second-order valence-corrected chi connectivity index (χ2v) is 1.97. The van der Waals surface area contributed by atoms with Crippen molar-refractivity contribution < 1.29 is 9.90 Å². The Balaban J connectivity index is 2.79. The molecule has 0 aliphatic rings. The van der Waals surface area contributed by atoms with Gasteiger partial charge < -0.3 is 10.8 Å². The Bertz CT molecular complexity index is 274. The second-order valence-electron chi connectivity index (χ2n) is 1.97. The van der Waals surface area contributed by atoms with Crippen LogP contribution in [0, 0.1) is 0 Å². The van der Waals surface area contributed by atoms with E-state index in [0.29, 0.717) is 0 Å². The molecule has 0 fully saturated rings. The first-order chi connectivity index (χ1) is 5.18. The second kappa shape index (κ2) is 2.96. The van der Waals surface area contributed by atoms with Gasteiger partial charge in [-0.3, -0.25) is 4.79 Å². The summed E-state index contributed by atoms with van der Waals surface area (Å²) in [5, 5.41) is 8.34. The lowest BCUT2D eigenvalue weighted by molar-refractivity contribution is -0.136. The van der Waals surface area contributed by atoms with Gasteiger partial charge in [-0.1, -0.05) is 0 Å². The highest BCUT2D eigenvalue weighted by molar-refractivity contribution is 5.69. The third-order valence-electron chi connectivity index (χ3n) is 1.04. The number of hydrogen-bond donors (Lipinski definition) is 2. The first-order valence-electron chi connectivity index (χ1n) is 2.97. The predicted octanol–water partition coefficient (Wildman–Crippen LogP) is -0.314. The topological polar surface area (TPSA) is 89.1 Å². The van der Waals surface area contributed by atoms with Crippen LogP contribution in [0.1, 0.15) is 5.82 Å². The summed E-state index contributed by atoms with van der Waals surface area (Å²) < 4.78 is 0. The number of carboxylic acid groups (broad SMARTS) is 1. The van der Waals surface area contributed by atoms with Gasteiger partial charge >= 0.3 is 5.97 Å². The van der Waals surface area contributed by atoms with E-state index in [1.54, 1.807) is 0 Å². The third kappa shape index (κ3) is 2.21. The van der Waals surface area contributed by atoms with Gasteiger partial charge in [0.2, 0.25) is 0 Å². The zero-order valence-electron chi connectivity index (χ0n) is 5.69. The molecular weight excluding hydrogens is 146 g/mol. The molecule has 58 valence electrons. The molecule has 0 saturated carbocycles. The van der Waals surface area contributed by atoms with Crippen LogP contribution in [0.4, 0.5) is 5.82 Å². The number of nitrogen functional groups attached to an aromatic ring is 1. The molecule has 5 heteroatoms. The number of aliphatic carboxylic acids is 1. The molecule has 0 saturated heterocycles. The smallest absolute Gasteiger partial charge is 0.311 e. The van der Waals surface area contributed by atoms with Crippen LogP contribution in [-0.4, -0.2) is 21.0 Å². The fraction of sp³-hybridized carbons (Fsp3) is 0.167. The third-order valence-corrected chi connectivity index (χ3v) is 1.04. The maximum Gasteiger partial charge on any atom is 0.311 e. The molecule has 0 aliphatic heterocycles. The molecule has 11 heavy (non-hydrogen) atoms. The van der Waals surface area contributed by atoms with E-state index in [1.807, 2.05) is 0 Å². The molecule has 0 amide bonds. The van der Waals surface area contributed by atoms with Crippen LogP contribution >= 0.6 is 0 Å². The van der Waals surface area contributed by atoms with E-state index in [2.05, 4.69) is 9.97 Å². The molecule has 0 aromatic carbocycles. The highest BCUT2D eigenvalue weighted by Gasteiger charge is 2.02. The summed E-state index contributed by atoms with van der Waals surface area (Å²) in [6, 6.07) is 1.51. The molecule has 0 unspecified atom stereocenters. The van der Waals surface area contributed by atoms with Crippen LogP contribution in [0.25, 0.3) is 0 Å². The maximum atomic E-state index is 10.2. The number of rotatable bonds is 2. The van der Waals surface area contributed by atoms with E-state index < -0.39 is 5.97 Å². The summed E-state index contributed by atoms with van der Waals surface area (Å²) in [6.45, 7) is 0. The summed E-state index contributed by atoms with van der Waals surface area (Å²) in [4.78, 5) is 17.6. The van der Waals surface area contributed by atoms with Crippen molar-refractivity contribution in [3.63, 3.8) is 0 Å². The highest BCUT2D eigenvalue weighted by Crippen LogP contribution is 1.96.